The van der Waals surface area contributed by atoms with Gasteiger partial charge in [-0.25, -0.2) is 4.98 Å². The maximum Gasteiger partial charge on any atom is 0.144 e. The van der Waals surface area contributed by atoms with Gasteiger partial charge < -0.3 is 10.6 Å². The molecule has 0 radical (unpaired) electrons. The number of nitrogens with zero attached hydrogens (tertiary/aromatic N) is 2. The third kappa shape index (κ3) is 3.44. The maximum atomic E-state index is 4.62. The number of aromatic nitrogens is 2. The van der Waals surface area contributed by atoms with Crippen molar-refractivity contribution in [2.45, 2.75) is 56.9 Å². The number of rotatable bonds is 3. The molecule has 2 heterocycles. The lowest BCUT2D eigenvalue weighted by molar-refractivity contribution is 0.451. The van der Waals surface area contributed by atoms with Crippen molar-refractivity contribution in [3.8, 4) is 0 Å². The zero-order valence-electron chi connectivity index (χ0n) is 11.6. The van der Waals surface area contributed by atoms with E-state index >= 15 is 0 Å². The molecule has 4 nitrogen and oxygen atoms in total. The highest BCUT2D eigenvalue weighted by atomic mass is 15.0. The molecule has 1 saturated heterocycles. The first-order valence-corrected chi connectivity index (χ1v) is 7.71. The van der Waals surface area contributed by atoms with Gasteiger partial charge in [-0.05, 0) is 38.8 Å². The lowest BCUT2D eigenvalue weighted by Gasteiger charge is -2.24. The van der Waals surface area contributed by atoms with Crippen LogP contribution in [0.5, 0.6) is 0 Å². The van der Waals surface area contributed by atoms with Gasteiger partial charge in [-0.15, -0.1) is 0 Å². The molecular weight excluding hydrogens is 236 g/mol. The molecule has 0 spiro atoms. The van der Waals surface area contributed by atoms with Crippen molar-refractivity contribution in [2.24, 2.45) is 0 Å². The highest BCUT2D eigenvalue weighted by Gasteiger charge is 2.17. The summed E-state index contributed by atoms with van der Waals surface area (Å²) in [4.78, 5) is 9.17. The van der Waals surface area contributed by atoms with Crippen LogP contribution < -0.4 is 10.6 Å². The normalized spacial score (nSPS) is 22.3. The van der Waals surface area contributed by atoms with Crippen molar-refractivity contribution in [1.82, 2.24) is 15.3 Å². The molecule has 1 saturated carbocycles. The largest absolute Gasteiger partial charge is 0.366 e. The molecule has 0 bridgehead atoms. The maximum absolute atomic E-state index is 4.62. The molecule has 0 atom stereocenters. The average molecular weight is 260 g/mol. The lowest BCUT2D eigenvalue weighted by atomic mass is 9.95. The van der Waals surface area contributed by atoms with Crippen molar-refractivity contribution < 1.29 is 0 Å². The van der Waals surface area contributed by atoms with E-state index in [1.54, 1.807) is 0 Å². The Balaban J connectivity index is 1.58. The minimum absolute atomic E-state index is 0.595. The zero-order chi connectivity index (χ0) is 12.9. The number of nitrogens with one attached hydrogen (secondary N) is 2. The second-order valence-corrected chi connectivity index (χ2v) is 5.83. The highest BCUT2D eigenvalue weighted by Crippen LogP contribution is 2.24. The van der Waals surface area contributed by atoms with E-state index in [2.05, 4.69) is 20.6 Å². The lowest BCUT2D eigenvalue weighted by Crippen LogP contribution is -2.27. The summed E-state index contributed by atoms with van der Waals surface area (Å²) >= 11 is 0. The summed E-state index contributed by atoms with van der Waals surface area (Å²) in [5.41, 5.74) is 1.16. The van der Waals surface area contributed by atoms with Crippen LogP contribution in [0.15, 0.2) is 12.4 Å². The topological polar surface area (TPSA) is 49.8 Å². The van der Waals surface area contributed by atoms with Gasteiger partial charge in [-0.3, -0.25) is 4.98 Å². The fraction of sp³-hybridized carbons (Fsp3) is 0.733. The molecule has 2 aliphatic rings. The van der Waals surface area contributed by atoms with Crippen LogP contribution in [0.1, 0.15) is 56.6 Å². The van der Waals surface area contributed by atoms with Gasteiger partial charge in [0.2, 0.25) is 0 Å². The summed E-state index contributed by atoms with van der Waals surface area (Å²) in [6.45, 7) is 2.21. The number of hydrogen-bond donors (Lipinski definition) is 2. The summed E-state index contributed by atoms with van der Waals surface area (Å²) in [5.74, 6) is 1.54. The van der Waals surface area contributed by atoms with Crippen molar-refractivity contribution in [3.63, 3.8) is 0 Å². The van der Waals surface area contributed by atoms with E-state index in [4.69, 9.17) is 0 Å². The number of hydrogen-bond acceptors (Lipinski definition) is 4. The van der Waals surface area contributed by atoms with Crippen molar-refractivity contribution in [1.29, 1.82) is 0 Å². The van der Waals surface area contributed by atoms with Gasteiger partial charge in [-0.1, -0.05) is 19.3 Å². The van der Waals surface area contributed by atoms with Crippen LogP contribution in [0.4, 0.5) is 5.82 Å². The molecule has 1 aromatic heterocycles. The Kier molecular flexibility index (Phi) is 4.28. The molecule has 1 aliphatic carbocycles. The van der Waals surface area contributed by atoms with Crippen LogP contribution in [0.2, 0.25) is 0 Å². The summed E-state index contributed by atoms with van der Waals surface area (Å²) < 4.78 is 0. The van der Waals surface area contributed by atoms with E-state index in [0.29, 0.717) is 12.0 Å². The van der Waals surface area contributed by atoms with Crippen LogP contribution in [-0.2, 0) is 0 Å². The molecule has 0 amide bonds. The number of piperidine rings is 1. The van der Waals surface area contributed by atoms with Gasteiger partial charge in [0.1, 0.15) is 5.82 Å². The Morgan fingerprint density at radius 3 is 2.42 bits per heavy atom. The Morgan fingerprint density at radius 1 is 0.947 bits per heavy atom. The fourth-order valence-electron chi connectivity index (χ4n) is 3.20. The van der Waals surface area contributed by atoms with E-state index in [-0.39, 0.29) is 0 Å². The van der Waals surface area contributed by atoms with E-state index in [9.17, 15) is 0 Å². The highest BCUT2D eigenvalue weighted by molar-refractivity contribution is 5.33. The Morgan fingerprint density at radius 2 is 1.74 bits per heavy atom. The molecule has 2 fully saturated rings. The van der Waals surface area contributed by atoms with Crippen LogP contribution in [0, 0.1) is 0 Å². The molecule has 3 rings (SSSR count). The van der Waals surface area contributed by atoms with Gasteiger partial charge >= 0.3 is 0 Å². The van der Waals surface area contributed by atoms with E-state index in [1.807, 2.05) is 12.4 Å². The molecule has 0 aromatic carbocycles. The first-order chi connectivity index (χ1) is 9.42. The van der Waals surface area contributed by atoms with Crippen LogP contribution >= 0.6 is 0 Å². The molecule has 4 heteroatoms. The van der Waals surface area contributed by atoms with Gasteiger partial charge in [-0.2, -0.15) is 0 Å². The molecule has 2 N–H and O–H groups in total. The van der Waals surface area contributed by atoms with Crippen LogP contribution in [0.25, 0.3) is 0 Å². The standard InChI is InChI=1S/C15H24N4/c1-2-4-13(5-3-1)19-15-11-17-14(10-18-15)12-6-8-16-9-7-12/h10-13,16H,1-9H2,(H,18,19). The number of anilines is 1. The smallest absolute Gasteiger partial charge is 0.144 e. The third-order valence-corrected chi connectivity index (χ3v) is 4.39. The Hall–Kier alpha value is -1.16. The van der Waals surface area contributed by atoms with Gasteiger partial charge in [0, 0.05) is 12.0 Å². The van der Waals surface area contributed by atoms with Crippen molar-refractivity contribution >= 4 is 5.82 Å². The molecule has 1 aliphatic heterocycles. The van der Waals surface area contributed by atoms with E-state index in [1.165, 1.54) is 44.9 Å². The molecule has 1 aromatic rings. The minimum Gasteiger partial charge on any atom is -0.366 e. The van der Waals surface area contributed by atoms with E-state index < -0.39 is 0 Å². The second-order valence-electron chi connectivity index (χ2n) is 5.83. The molecule has 104 valence electrons. The summed E-state index contributed by atoms with van der Waals surface area (Å²) in [6.07, 6.45) is 12.9. The van der Waals surface area contributed by atoms with Crippen LogP contribution in [-0.4, -0.2) is 29.1 Å². The van der Waals surface area contributed by atoms with Gasteiger partial charge in [0.15, 0.2) is 0 Å². The quantitative estimate of drug-likeness (QED) is 0.877. The second kappa shape index (κ2) is 6.33. The van der Waals surface area contributed by atoms with Crippen molar-refractivity contribution in [2.75, 3.05) is 18.4 Å². The fourth-order valence-corrected chi connectivity index (χ4v) is 3.20. The Labute approximate surface area is 115 Å². The predicted octanol–water partition coefficient (Wildman–Crippen LogP) is 2.69. The Bertz CT molecular complexity index is 378. The molecule has 0 unspecified atom stereocenters. The minimum atomic E-state index is 0.595. The van der Waals surface area contributed by atoms with Crippen molar-refractivity contribution in [3.05, 3.63) is 18.1 Å². The van der Waals surface area contributed by atoms with Gasteiger partial charge in [0.25, 0.3) is 0 Å². The SMILES string of the molecule is c1nc(C2CCNCC2)cnc1NC1CCCCC1. The predicted molar refractivity (Wildman–Crippen MR) is 77.4 cm³/mol. The summed E-state index contributed by atoms with van der Waals surface area (Å²) in [6, 6.07) is 0.604. The monoisotopic (exact) mass is 260 g/mol. The zero-order valence-corrected chi connectivity index (χ0v) is 11.6. The summed E-state index contributed by atoms with van der Waals surface area (Å²) in [7, 11) is 0. The van der Waals surface area contributed by atoms with Crippen LogP contribution in [0.3, 0.4) is 0 Å². The first-order valence-electron chi connectivity index (χ1n) is 7.71. The summed E-state index contributed by atoms with van der Waals surface area (Å²) in [5, 5.41) is 6.91. The molecular formula is C15H24N4. The average Bonchev–Trinajstić information content (AvgIpc) is 2.50. The first kappa shape index (κ1) is 12.9. The van der Waals surface area contributed by atoms with Gasteiger partial charge in [0.05, 0.1) is 18.1 Å². The molecule has 19 heavy (non-hydrogen) atoms. The van der Waals surface area contributed by atoms with E-state index in [0.717, 1.165) is 24.6 Å². The third-order valence-electron chi connectivity index (χ3n) is 4.39.